The number of anilines is 12. The van der Waals surface area contributed by atoms with Crippen molar-refractivity contribution in [1.82, 2.24) is 4.57 Å². The summed E-state index contributed by atoms with van der Waals surface area (Å²) in [5.41, 5.74) is -25.6. The minimum absolute atomic E-state index is 0.0783. The molecule has 3 aliphatic heterocycles. The largest absolute Gasteiger partial charge is 0.311 e. The Hall–Kier alpha value is -10.0. The predicted molar refractivity (Wildman–Crippen MR) is 395 cm³/mol. The quantitative estimate of drug-likeness (QED) is 0.141. The van der Waals surface area contributed by atoms with E-state index in [0.717, 1.165) is 9.47 Å². The van der Waals surface area contributed by atoms with Crippen molar-refractivity contribution in [3.8, 4) is 16.8 Å². The van der Waals surface area contributed by atoms with E-state index in [9.17, 15) is 49.3 Å². The van der Waals surface area contributed by atoms with Crippen LogP contribution < -0.4 is 36.0 Å². The molecule has 3 aliphatic rings. The average Bonchev–Trinajstić information content (AvgIpc) is 1.28. The Bertz CT molecular complexity index is 7420. The van der Waals surface area contributed by atoms with Gasteiger partial charge < -0.3 is 24.2 Å². The van der Waals surface area contributed by atoms with Crippen LogP contribution in [0.25, 0.3) is 49.4 Å². The van der Waals surface area contributed by atoms with Gasteiger partial charge in [-0.15, -0.1) is 0 Å². The summed E-state index contributed by atoms with van der Waals surface area (Å²) < 4.78 is 423. The molecule has 92 heavy (non-hydrogen) atoms. The minimum Gasteiger partial charge on any atom is -0.311 e. The van der Waals surface area contributed by atoms with Gasteiger partial charge in [0.25, 0.3) is 6.71 Å². The molecular formula is C86H78BN5. The molecule has 6 heteroatoms. The molecule has 0 saturated carbocycles. The highest BCUT2D eigenvalue weighted by atomic mass is 15.2. The van der Waals surface area contributed by atoms with Crippen LogP contribution in [0.2, 0.25) is 0 Å². The third-order valence-corrected chi connectivity index (χ3v) is 16.2. The van der Waals surface area contributed by atoms with Crippen LogP contribution in [0, 0.1) is 0 Å². The van der Waals surface area contributed by atoms with Gasteiger partial charge in [-0.1, -0.05) is 222 Å². The molecule has 0 saturated heterocycles. The summed E-state index contributed by atoms with van der Waals surface area (Å²) in [6.45, 7) is 16.3. The predicted octanol–water partition coefficient (Wildman–Crippen LogP) is 22.1. The van der Waals surface area contributed by atoms with E-state index >= 15 is 0 Å². The SMILES string of the molecule is [2H]c1c([2H])c([2H])c(N(c2c([2H])c([2H])c([2H])c([2H])c2[2H])c2c([2H])c3c4c(c2[2H])N2c5c(c([2H])c([2H])c([2H])c5-n5c6c([2H])c([2H])c(C(C)(C)C)c([2H])c6c6c([2H])c(C(C)(C)C)c([2H])c2c65)B4c2c([2H])c([2H])c(N(c4c([2H])c([2H])c(C(C)(C)C)c([2H])c4[2H])c4c([2H])c([2H])c(C(C)(C)C)c([2H])c4[2H])c([2H])c2N3c2c([2H])c([2H])c(-c3c([2H])c([2H])c([2H])c4c([2H])c([2H])c([2H])c([2H])c34)c([2H])c2[2H])c([2H])c1[2H]. The van der Waals surface area contributed by atoms with Crippen LogP contribution in [0.3, 0.4) is 0 Å². The molecule has 0 radical (unpaired) electrons. The maximum absolute atomic E-state index is 11.6. The van der Waals surface area contributed by atoms with Crippen molar-refractivity contribution in [3.63, 3.8) is 0 Å². The van der Waals surface area contributed by atoms with Crippen molar-refractivity contribution in [3.05, 3.63) is 276 Å². The number of fused-ring (bicyclic) bond motifs is 10. The first-order chi connectivity index (χ1) is 61.7. The van der Waals surface area contributed by atoms with Gasteiger partial charge >= 0.3 is 0 Å². The van der Waals surface area contributed by atoms with E-state index < -0.39 is 405 Å². The number of hydrogen-bond acceptors (Lipinski definition) is 4. The summed E-state index contributed by atoms with van der Waals surface area (Å²) in [5.74, 6) is 0. The van der Waals surface area contributed by atoms with Gasteiger partial charge in [0.2, 0.25) is 0 Å². The van der Waals surface area contributed by atoms with E-state index in [2.05, 4.69) is 0 Å². The minimum atomic E-state index is -2.51. The van der Waals surface area contributed by atoms with Gasteiger partial charge in [0.15, 0.2) is 0 Å². The molecular weight excluding hydrogens is 1110 g/mol. The summed E-state index contributed by atoms with van der Waals surface area (Å²) in [6, 6.07) is -46.5. The van der Waals surface area contributed by atoms with Crippen LogP contribution in [0.5, 0.6) is 0 Å². The van der Waals surface area contributed by atoms with E-state index in [-0.39, 0.29) is 33.0 Å². The van der Waals surface area contributed by atoms with Crippen LogP contribution in [0.15, 0.2) is 254 Å². The second-order valence-electron chi connectivity index (χ2n) is 26.6. The van der Waals surface area contributed by atoms with E-state index in [1.54, 1.807) is 41.5 Å². The number of rotatable bonds is 8. The van der Waals surface area contributed by atoms with Gasteiger partial charge in [0.05, 0.1) is 91.4 Å². The lowest BCUT2D eigenvalue weighted by Crippen LogP contribution is -2.61. The lowest BCUT2D eigenvalue weighted by atomic mass is 9.33. The lowest BCUT2D eigenvalue weighted by molar-refractivity contribution is 0.590. The monoisotopic (exact) mass is 1230 g/mol. The topological polar surface area (TPSA) is 17.9 Å². The van der Waals surface area contributed by atoms with Gasteiger partial charge in [-0.25, -0.2) is 0 Å². The highest BCUT2D eigenvalue weighted by molar-refractivity contribution is 7.00. The van der Waals surface area contributed by atoms with Gasteiger partial charge in [-0.3, -0.25) is 0 Å². The lowest BCUT2D eigenvalue weighted by Gasteiger charge is -2.47. The summed E-state index contributed by atoms with van der Waals surface area (Å²) in [5, 5.41) is -2.19. The summed E-state index contributed by atoms with van der Waals surface area (Å²) in [6.07, 6.45) is 0. The van der Waals surface area contributed by atoms with Crippen molar-refractivity contribution < 1.29 is 57.6 Å². The van der Waals surface area contributed by atoms with E-state index in [1.165, 1.54) is 41.5 Å². The Morgan fingerprint density at radius 1 is 0.337 bits per heavy atom. The first kappa shape index (κ1) is 27.8. The van der Waals surface area contributed by atoms with Crippen LogP contribution in [0.4, 0.5) is 68.2 Å². The van der Waals surface area contributed by atoms with E-state index in [4.69, 9.17) is 8.22 Å². The molecule has 5 nitrogen and oxygen atoms in total. The van der Waals surface area contributed by atoms with Gasteiger partial charge in [-0.2, -0.15) is 0 Å². The number of nitrogens with zero attached hydrogens (tertiary/aromatic N) is 5. The fourth-order valence-corrected chi connectivity index (χ4v) is 11.7. The molecule has 1 aromatic heterocycles. The molecule has 0 spiro atoms. The smallest absolute Gasteiger partial charge is 0.252 e. The molecule has 0 amide bonds. The maximum atomic E-state index is 11.6. The highest BCUT2D eigenvalue weighted by Crippen LogP contribution is 2.56. The molecule has 12 aromatic carbocycles. The third kappa shape index (κ3) is 9.19. The van der Waals surface area contributed by atoms with Crippen LogP contribution in [0.1, 0.15) is 163 Å². The first-order valence-corrected chi connectivity index (χ1v) is 29.5. The van der Waals surface area contributed by atoms with E-state index in [1.807, 2.05) is 0 Å². The molecule has 450 valence electrons. The van der Waals surface area contributed by atoms with E-state index in [0.29, 0.717) is 14.7 Å². The fourth-order valence-electron chi connectivity index (χ4n) is 11.7. The van der Waals surface area contributed by atoms with Crippen molar-refractivity contribution in [2.45, 2.75) is 105 Å². The zero-order chi connectivity index (χ0) is 99.9. The standard InChI is InChI=1S/C86H78BN5/c1-83(2,3)57-35-42-63(43-36-57)88(64-44-37-58(38-45-64)84(4,5)6)66-46-47-72-76(52-66)90(65-40-33-56(34-41-65)69-30-21-24-55-23-19-20-29-68(55)69)77-53-67(89(61-25-15-13-16-26-61)62-27-17-14-18-28-62)54-78-80(77)87(72)73-31-22-32-75-82(73)92(78)79-51-60(86(10,11)12)50-71-70-49-59(85(7,8)9)39-48-74(70)91(75)81(71)79/h13-54H,1-12H3/i13D,14D,15D,16D,17D,18D,19D,20D,21D,22D,23D,24D,25D,26D,27D,28D,29D,30D,31D,32D,33D,34D,35D,36D,37D,38D,39D,40D,41D,42D,43D,44D,45D,46D,47D,48D,49D,50D,51D,52D,53D,54D. The summed E-state index contributed by atoms with van der Waals surface area (Å²) in [7, 11) is 0. The fraction of sp³-hybridized carbons (Fsp3) is 0.186. The van der Waals surface area contributed by atoms with Crippen molar-refractivity contribution >= 4 is 124 Å². The second kappa shape index (κ2) is 20.7. The molecule has 0 N–H and O–H groups in total. The first-order valence-electron chi connectivity index (χ1n) is 50.5. The Morgan fingerprint density at radius 2 is 0.848 bits per heavy atom. The van der Waals surface area contributed by atoms with Gasteiger partial charge in [0, 0.05) is 62.0 Å². The van der Waals surface area contributed by atoms with Crippen LogP contribution >= 0.6 is 0 Å². The third-order valence-electron chi connectivity index (χ3n) is 16.2. The molecule has 0 aliphatic carbocycles. The summed E-state index contributed by atoms with van der Waals surface area (Å²) in [4.78, 5) is 2.24. The number of benzene rings is 12. The number of aromatic nitrogens is 1. The normalized spacial score (nSPS) is 19.8. The van der Waals surface area contributed by atoms with Gasteiger partial charge in [-0.05, 0) is 197 Å². The highest BCUT2D eigenvalue weighted by Gasteiger charge is 2.47. The van der Waals surface area contributed by atoms with Gasteiger partial charge in [0.1, 0.15) is 0 Å². The molecule has 0 unspecified atom stereocenters. The molecule has 13 aromatic rings. The maximum Gasteiger partial charge on any atom is 0.252 e. The molecule has 16 rings (SSSR count). The Balaban J connectivity index is 1.26. The Labute approximate surface area is 602 Å². The zero-order valence-electron chi connectivity index (χ0n) is 93.8. The number of para-hydroxylation sites is 3. The summed E-state index contributed by atoms with van der Waals surface area (Å²) >= 11 is 0. The molecule has 0 fully saturated rings. The van der Waals surface area contributed by atoms with Crippen molar-refractivity contribution in [2.75, 3.05) is 19.6 Å². The Kier molecular flexibility index (Phi) is 6.27. The van der Waals surface area contributed by atoms with Crippen LogP contribution in [-0.4, -0.2) is 11.3 Å². The van der Waals surface area contributed by atoms with Crippen molar-refractivity contribution in [2.24, 2.45) is 0 Å². The van der Waals surface area contributed by atoms with Crippen molar-refractivity contribution in [1.29, 1.82) is 0 Å². The average molecular weight is 1230 g/mol. The molecule has 0 bridgehead atoms. The number of hydrogen-bond donors (Lipinski definition) is 0. The van der Waals surface area contributed by atoms with Crippen LogP contribution in [-0.2, 0) is 21.7 Å². The second-order valence-corrected chi connectivity index (χ2v) is 26.6. The molecule has 0 atom stereocenters. The Morgan fingerprint density at radius 3 is 1.47 bits per heavy atom. The zero-order valence-corrected chi connectivity index (χ0v) is 51.8. The molecule has 4 heterocycles.